The third kappa shape index (κ3) is 2.75. The summed E-state index contributed by atoms with van der Waals surface area (Å²) < 4.78 is 8.76. The van der Waals surface area contributed by atoms with E-state index < -0.39 is 5.60 Å². The van der Waals surface area contributed by atoms with Crippen LogP contribution in [0.1, 0.15) is 22.5 Å². The first-order valence-corrected chi connectivity index (χ1v) is 5.83. The number of nitrogens with zero attached hydrogens (tertiary/aromatic N) is 2. The Hall–Kier alpha value is -1.05. The van der Waals surface area contributed by atoms with E-state index in [0.29, 0.717) is 30.9 Å². The second-order valence-corrected chi connectivity index (χ2v) is 4.59. The van der Waals surface area contributed by atoms with Crippen molar-refractivity contribution in [3.8, 4) is 0 Å². The van der Waals surface area contributed by atoms with E-state index in [1.54, 1.807) is 0 Å². The van der Waals surface area contributed by atoms with Gasteiger partial charge in [0.2, 0.25) is 0 Å². The second-order valence-electron chi connectivity index (χ2n) is 3.80. The molecular weight excluding hydrogens is 230 g/mol. The van der Waals surface area contributed by atoms with Crippen LogP contribution in [0.5, 0.6) is 0 Å². The zero-order chi connectivity index (χ0) is 11.4. The highest BCUT2D eigenvalue weighted by Crippen LogP contribution is 2.19. The third-order valence-corrected chi connectivity index (χ3v) is 3.25. The van der Waals surface area contributed by atoms with Crippen LogP contribution in [0.25, 0.3) is 0 Å². The quantitative estimate of drug-likeness (QED) is 0.768. The number of aliphatic hydroxyl groups is 1. The van der Waals surface area contributed by atoms with Crippen molar-refractivity contribution in [3.05, 3.63) is 11.1 Å². The van der Waals surface area contributed by atoms with Gasteiger partial charge in [0.1, 0.15) is 4.88 Å². The van der Waals surface area contributed by atoms with Gasteiger partial charge in [0.05, 0.1) is 11.8 Å². The summed E-state index contributed by atoms with van der Waals surface area (Å²) in [4.78, 5) is 12.0. The normalized spacial score (nSPS) is 19.3. The highest BCUT2D eigenvalue weighted by molar-refractivity contribution is 7.07. The molecule has 0 aromatic carbocycles. The van der Waals surface area contributed by atoms with Crippen molar-refractivity contribution >= 4 is 17.4 Å². The summed E-state index contributed by atoms with van der Waals surface area (Å²) in [6.07, 6.45) is 2.51. The molecule has 1 amide bonds. The van der Waals surface area contributed by atoms with Gasteiger partial charge in [0, 0.05) is 32.6 Å². The summed E-state index contributed by atoms with van der Waals surface area (Å²) >= 11 is 1.04. The highest BCUT2D eigenvalue weighted by Gasteiger charge is 2.30. The maximum Gasteiger partial charge on any atom is 0.264 e. The first-order valence-electron chi connectivity index (χ1n) is 5.05. The molecule has 0 saturated carbocycles. The Balaban J connectivity index is 1.84. The summed E-state index contributed by atoms with van der Waals surface area (Å²) in [6, 6.07) is 0. The molecular formula is C9H13N3O3S. The molecule has 1 aromatic rings. The van der Waals surface area contributed by atoms with Gasteiger partial charge >= 0.3 is 0 Å². The molecule has 16 heavy (non-hydrogen) atoms. The largest absolute Gasteiger partial charge is 0.388 e. The fraction of sp³-hybridized carbons (Fsp3) is 0.667. The predicted molar refractivity (Wildman–Crippen MR) is 57.2 cm³/mol. The van der Waals surface area contributed by atoms with Crippen LogP contribution in [-0.2, 0) is 4.74 Å². The zero-order valence-corrected chi connectivity index (χ0v) is 9.50. The maximum absolute atomic E-state index is 11.6. The smallest absolute Gasteiger partial charge is 0.264 e. The molecule has 88 valence electrons. The summed E-state index contributed by atoms with van der Waals surface area (Å²) in [5.41, 5.74) is -0.841. The van der Waals surface area contributed by atoms with Gasteiger partial charge in [-0.3, -0.25) is 4.79 Å². The number of rotatable bonds is 3. The van der Waals surface area contributed by atoms with Gasteiger partial charge < -0.3 is 15.2 Å². The lowest BCUT2D eigenvalue weighted by Crippen LogP contribution is -2.46. The maximum atomic E-state index is 11.6. The van der Waals surface area contributed by atoms with E-state index in [1.807, 2.05) is 0 Å². The Kier molecular flexibility index (Phi) is 3.47. The van der Waals surface area contributed by atoms with E-state index in [1.165, 1.54) is 6.20 Å². The molecule has 7 heteroatoms. The van der Waals surface area contributed by atoms with Gasteiger partial charge in [-0.2, -0.15) is 0 Å². The van der Waals surface area contributed by atoms with E-state index in [2.05, 4.69) is 14.9 Å². The second kappa shape index (κ2) is 4.86. The van der Waals surface area contributed by atoms with E-state index in [4.69, 9.17) is 4.74 Å². The van der Waals surface area contributed by atoms with Crippen LogP contribution < -0.4 is 5.32 Å². The lowest BCUT2D eigenvalue weighted by Gasteiger charge is -2.31. The van der Waals surface area contributed by atoms with Crippen LogP contribution in [0.2, 0.25) is 0 Å². The minimum absolute atomic E-state index is 0.241. The lowest BCUT2D eigenvalue weighted by molar-refractivity contribution is -0.0605. The summed E-state index contributed by atoms with van der Waals surface area (Å²) in [6.45, 7) is 1.32. The van der Waals surface area contributed by atoms with Crippen LogP contribution in [0.4, 0.5) is 0 Å². The molecule has 0 spiro atoms. The van der Waals surface area contributed by atoms with Crippen LogP contribution in [-0.4, -0.2) is 46.0 Å². The number of amides is 1. The van der Waals surface area contributed by atoms with E-state index in [9.17, 15) is 9.90 Å². The summed E-state index contributed by atoms with van der Waals surface area (Å²) in [7, 11) is 0. The molecule has 6 nitrogen and oxygen atoms in total. The number of ether oxygens (including phenoxy) is 1. The molecule has 0 radical (unpaired) electrons. The monoisotopic (exact) mass is 243 g/mol. The molecule has 2 N–H and O–H groups in total. The molecule has 0 aliphatic carbocycles. The molecule has 2 heterocycles. The van der Waals surface area contributed by atoms with Crippen molar-refractivity contribution in [2.45, 2.75) is 18.4 Å². The molecule has 2 rings (SSSR count). The fourth-order valence-corrected chi connectivity index (χ4v) is 1.96. The topological polar surface area (TPSA) is 84.3 Å². The molecule has 1 aliphatic rings. The number of nitrogens with one attached hydrogen (secondary N) is 1. The standard InChI is InChI=1S/C9H13N3O3S/c13-8(7-5-11-12-16-7)10-6-9(14)1-3-15-4-2-9/h5,14H,1-4,6H2,(H,10,13). The van der Waals surface area contributed by atoms with Gasteiger partial charge in [-0.1, -0.05) is 4.49 Å². The average molecular weight is 243 g/mol. The van der Waals surface area contributed by atoms with Crippen molar-refractivity contribution in [2.75, 3.05) is 19.8 Å². The molecule has 1 aliphatic heterocycles. The fourth-order valence-electron chi connectivity index (χ4n) is 1.53. The molecule has 0 atom stereocenters. The van der Waals surface area contributed by atoms with Crippen molar-refractivity contribution in [1.29, 1.82) is 0 Å². The zero-order valence-electron chi connectivity index (χ0n) is 8.68. The summed E-state index contributed by atoms with van der Waals surface area (Å²) in [5.74, 6) is -0.241. The minimum Gasteiger partial charge on any atom is -0.388 e. The van der Waals surface area contributed by atoms with Crippen molar-refractivity contribution < 1.29 is 14.6 Å². The van der Waals surface area contributed by atoms with E-state index in [0.717, 1.165) is 11.5 Å². The van der Waals surface area contributed by atoms with Crippen LogP contribution in [0.3, 0.4) is 0 Å². The van der Waals surface area contributed by atoms with Crippen molar-refractivity contribution in [1.82, 2.24) is 14.9 Å². The van der Waals surface area contributed by atoms with Crippen molar-refractivity contribution in [3.63, 3.8) is 0 Å². The van der Waals surface area contributed by atoms with Gasteiger partial charge in [0.25, 0.3) is 5.91 Å². The van der Waals surface area contributed by atoms with Crippen LogP contribution >= 0.6 is 11.5 Å². The third-order valence-electron chi connectivity index (χ3n) is 2.59. The predicted octanol–water partition coefficient (Wildman–Crippen LogP) is -0.191. The Morgan fingerprint density at radius 1 is 1.62 bits per heavy atom. The molecule has 1 saturated heterocycles. The molecule has 1 aromatic heterocycles. The van der Waals surface area contributed by atoms with Crippen molar-refractivity contribution in [2.24, 2.45) is 0 Å². The van der Waals surface area contributed by atoms with Gasteiger partial charge in [0.15, 0.2) is 0 Å². The first-order chi connectivity index (χ1) is 7.70. The lowest BCUT2D eigenvalue weighted by atomic mass is 9.94. The van der Waals surface area contributed by atoms with E-state index >= 15 is 0 Å². The van der Waals surface area contributed by atoms with Crippen LogP contribution in [0.15, 0.2) is 6.20 Å². The van der Waals surface area contributed by atoms with Gasteiger partial charge in [-0.25, -0.2) is 0 Å². The number of hydrogen-bond acceptors (Lipinski definition) is 6. The Labute approximate surface area is 96.8 Å². The van der Waals surface area contributed by atoms with Gasteiger partial charge in [-0.15, -0.1) is 5.10 Å². The van der Waals surface area contributed by atoms with Gasteiger partial charge in [-0.05, 0) is 11.5 Å². The molecule has 0 bridgehead atoms. The molecule has 0 unspecified atom stereocenters. The summed E-state index contributed by atoms with van der Waals surface area (Å²) in [5, 5.41) is 16.4. The Morgan fingerprint density at radius 2 is 2.38 bits per heavy atom. The average Bonchev–Trinajstić information content (AvgIpc) is 2.80. The number of carbonyl (C=O) groups is 1. The number of hydrogen-bond donors (Lipinski definition) is 2. The minimum atomic E-state index is -0.841. The first kappa shape index (κ1) is 11.4. The Bertz CT molecular complexity index is 349. The van der Waals surface area contributed by atoms with E-state index in [-0.39, 0.29) is 12.5 Å². The van der Waals surface area contributed by atoms with Crippen LogP contribution in [0, 0.1) is 0 Å². The highest BCUT2D eigenvalue weighted by atomic mass is 32.1. The SMILES string of the molecule is O=C(NCC1(O)CCOCC1)c1cnns1. The molecule has 1 fully saturated rings. The number of carbonyl (C=O) groups excluding carboxylic acids is 1. The Morgan fingerprint density at radius 3 is 3.00 bits per heavy atom. The number of aromatic nitrogens is 2.